The molecule has 1 aromatic rings. The highest BCUT2D eigenvalue weighted by Gasteiger charge is 2.21. The van der Waals surface area contributed by atoms with Crippen molar-refractivity contribution in [3.8, 4) is 0 Å². The fourth-order valence-corrected chi connectivity index (χ4v) is 2.45. The summed E-state index contributed by atoms with van der Waals surface area (Å²) in [7, 11) is 0. The molecule has 1 aliphatic rings. The van der Waals surface area contributed by atoms with E-state index in [-0.39, 0.29) is 4.75 Å². The van der Waals surface area contributed by atoms with E-state index in [1.165, 1.54) is 23.4 Å². The molecule has 1 heterocycles. The van der Waals surface area contributed by atoms with Gasteiger partial charge in [-0.05, 0) is 24.5 Å². The minimum absolute atomic E-state index is 0.225. The second kappa shape index (κ2) is 4.76. The molecule has 1 aromatic heterocycles. The average Bonchev–Trinajstić information content (AvgIpc) is 2.98. The Balaban J connectivity index is 2.03. The molecule has 0 unspecified atom stereocenters. The maximum atomic E-state index is 4.49. The van der Waals surface area contributed by atoms with Crippen molar-refractivity contribution < 1.29 is 0 Å². The lowest BCUT2D eigenvalue weighted by Crippen LogP contribution is -2.17. The largest absolute Gasteiger partial charge is 0.310 e. The molecule has 0 bridgehead atoms. The van der Waals surface area contributed by atoms with E-state index in [0.717, 1.165) is 12.6 Å². The topological polar surface area (TPSA) is 24.9 Å². The highest BCUT2D eigenvalue weighted by Crippen LogP contribution is 2.32. The van der Waals surface area contributed by atoms with Crippen LogP contribution in [0.1, 0.15) is 39.2 Å². The summed E-state index contributed by atoms with van der Waals surface area (Å²) < 4.78 is 0.225. The van der Waals surface area contributed by atoms with E-state index >= 15 is 0 Å². The molecule has 1 aliphatic carbocycles. The molecule has 0 atom stereocenters. The average molecular weight is 236 g/mol. The van der Waals surface area contributed by atoms with Crippen molar-refractivity contribution in [1.29, 1.82) is 0 Å². The van der Waals surface area contributed by atoms with Crippen LogP contribution < -0.4 is 5.32 Å². The van der Waals surface area contributed by atoms with E-state index in [2.05, 4.69) is 37.1 Å². The van der Waals surface area contributed by atoms with E-state index in [1.807, 2.05) is 24.0 Å². The second-order valence-electron chi connectivity index (χ2n) is 5.34. The molecule has 0 amide bonds. The van der Waals surface area contributed by atoms with Crippen LogP contribution in [-0.4, -0.2) is 15.8 Å². The molecule has 3 heteroatoms. The lowest BCUT2D eigenvalue weighted by molar-refractivity contribution is 0.674. The molecule has 1 fully saturated rings. The maximum Gasteiger partial charge on any atom is 0.101 e. The van der Waals surface area contributed by atoms with Crippen LogP contribution >= 0.6 is 11.8 Å². The molecule has 0 saturated heterocycles. The first-order valence-electron chi connectivity index (χ1n) is 5.91. The van der Waals surface area contributed by atoms with Gasteiger partial charge in [-0.15, -0.1) is 11.8 Å². The van der Waals surface area contributed by atoms with Gasteiger partial charge in [-0.2, -0.15) is 0 Å². The lowest BCUT2D eigenvalue weighted by atomic mass is 10.2. The van der Waals surface area contributed by atoms with Crippen LogP contribution in [0.5, 0.6) is 0 Å². The molecule has 16 heavy (non-hydrogen) atoms. The van der Waals surface area contributed by atoms with Crippen LogP contribution in [0, 0.1) is 0 Å². The Hall–Kier alpha value is -0.540. The van der Waals surface area contributed by atoms with Crippen LogP contribution in [-0.2, 0) is 6.54 Å². The third kappa shape index (κ3) is 3.80. The second-order valence-corrected chi connectivity index (χ2v) is 7.15. The van der Waals surface area contributed by atoms with Gasteiger partial charge in [0.2, 0.25) is 0 Å². The van der Waals surface area contributed by atoms with E-state index < -0.39 is 0 Å². The number of thioether (sulfide) groups is 1. The summed E-state index contributed by atoms with van der Waals surface area (Å²) in [6, 6.07) is 4.96. The summed E-state index contributed by atoms with van der Waals surface area (Å²) in [5.41, 5.74) is 1.33. The van der Waals surface area contributed by atoms with Gasteiger partial charge in [-0.3, -0.25) is 0 Å². The Bertz CT molecular complexity index is 353. The van der Waals surface area contributed by atoms with Crippen LogP contribution in [0.25, 0.3) is 0 Å². The van der Waals surface area contributed by atoms with Gasteiger partial charge in [0.25, 0.3) is 0 Å². The van der Waals surface area contributed by atoms with Crippen LogP contribution in [0.2, 0.25) is 0 Å². The summed E-state index contributed by atoms with van der Waals surface area (Å²) in [6.45, 7) is 7.64. The summed E-state index contributed by atoms with van der Waals surface area (Å²) >= 11 is 1.85. The fourth-order valence-electron chi connectivity index (χ4n) is 1.48. The zero-order valence-electron chi connectivity index (χ0n) is 10.3. The Morgan fingerprint density at radius 1 is 1.44 bits per heavy atom. The summed E-state index contributed by atoms with van der Waals surface area (Å²) in [4.78, 5) is 4.49. The van der Waals surface area contributed by atoms with E-state index in [4.69, 9.17) is 0 Å². The van der Waals surface area contributed by atoms with Gasteiger partial charge in [0.15, 0.2) is 0 Å². The molecule has 2 nitrogen and oxygen atoms in total. The monoisotopic (exact) mass is 236 g/mol. The van der Waals surface area contributed by atoms with Gasteiger partial charge >= 0.3 is 0 Å². The number of aromatic nitrogens is 1. The molecule has 0 aliphatic heterocycles. The number of nitrogens with one attached hydrogen (secondary N) is 1. The number of hydrogen-bond donors (Lipinski definition) is 1. The molecular weight excluding hydrogens is 216 g/mol. The number of rotatable bonds is 4. The van der Waals surface area contributed by atoms with E-state index in [9.17, 15) is 0 Å². The minimum atomic E-state index is 0.225. The van der Waals surface area contributed by atoms with Gasteiger partial charge in [0, 0.05) is 23.5 Å². The Kier molecular flexibility index (Phi) is 3.55. The summed E-state index contributed by atoms with van der Waals surface area (Å²) in [5.74, 6) is 0. The van der Waals surface area contributed by atoms with Crippen molar-refractivity contribution in [3.63, 3.8) is 0 Å². The molecule has 2 rings (SSSR count). The molecule has 0 aromatic carbocycles. The summed E-state index contributed by atoms with van der Waals surface area (Å²) in [5, 5.41) is 4.72. The summed E-state index contributed by atoms with van der Waals surface area (Å²) in [6.07, 6.45) is 4.55. The third-order valence-corrected chi connectivity index (χ3v) is 3.58. The van der Waals surface area contributed by atoms with Crippen molar-refractivity contribution >= 4 is 11.8 Å². The smallest absolute Gasteiger partial charge is 0.101 e. The predicted octanol–water partition coefficient (Wildman–Crippen LogP) is 3.22. The van der Waals surface area contributed by atoms with Crippen molar-refractivity contribution in [3.05, 3.63) is 23.9 Å². The molecule has 88 valence electrons. The number of hydrogen-bond acceptors (Lipinski definition) is 3. The third-order valence-electron chi connectivity index (χ3n) is 2.41. The molecule has 1 saturated carbocycles. The number of nitrogens with zero attached hydrogens (tertiary/aromatic N) is 1. The first-order valence-corrected chi connectivity index (χ1v) is 6.72. The fraction of sp³-hybridized carbons (Fsp3) is 0.615. The molecule has 1 N–H and O–H groups in total. The highest BCUT2D eigenvalue weighted by atomic mass is 32.2. The van der Waals surface area contributed by atoms with Gasteiger partial charge in [0.1, 0.15) is 5.03 Å². The molecular formula is C13H20N2S. The zero-order valence-corrected chi connectivity index (χ0v) is 11.1. The van der Waals surface area contributed by atoms with Crippen LogP contribution in [0.3, 0.4) is 0 Å². The Morgan fingerprint density at radius 2 is 2.19 bits per heavy atom. The van der Waals surface area contributed by atoms with Crippen molar-refractivity contribution in [2.45, 2.75) is 56.0 Å². The van der Waals surface area contributed by atoms with Crippen molar-refractivity contribution in [2.75, 3.05) is 0 Å². The van der Waals surface area contributed by atoms with Gasteiger partial charge in [-0.1, -0.05) is 26.8 Å². The lowest BCUT2D eigenvalue weighted by Gasteiger charge is -2.18. The maximum absolute atomic E-state index is 4.49. The Labute approximate surface area is 102 Å². The van der Waals surface area contributed by atoms with Gasteiger partial charge in [0.05, 0.1) is 0 Å². The highest BCUT2D eigenvalue weighted by molar-refractivity contribution is 8.00. The normalized spacial score (nSPS) is 16.4. The first kappa shape index (κ1) is 11.9. The van der Waals surface area contributed by atoms with Crippen LogP contribution in [0.15, 0.2) is 23.4 Å². The zero-order chi connectivity index (χ0) is 11.6. The minimum Gasteiger partial charge on any atom is -0.310 e. The first-order chi connectivity index (χ1) is 7.54. The van der Waals surface area contributed by atoms with Crippen LogP contribution in [0.4, 0.5) is 0 Å². The molecule has 0 spiro atoms. The SMILES string of the molecule is CC(C)(C)Sc1ncccc1CNC1CC1. The van der Waals surface area contributed by atoms with Gasteiger partial charge in [-0.25, -0.2) is 4.98 Å². The van der Waals surface area contributed by atoms with Crippen molar-refractivity contribution in [1.82, 2.24) is 10.3 Å². The predicted molar refractivity (Wildman–Crippen MR) is 69.7 cm³/mol. The quantitative estimate of drug-likeness (QED) is 0.813. The van der Waals surface area contributed by atoms with Crippen molar-refractivity contribution in [2.24, 2.45) is 0 Å². The Morgan fingerprint density at radius 3 is 2.81 bits per heavy atom. The van der Waals surface area contributed by atoms with E-state index in [1.54, 1.807) is 0 Å². The molecule has 0 radical (unpaired) electrons. The number of pyridine rings is 1. The van der Waals surface area contributed by atoms with E-state index in [0.29, 0.717) is 0 Å². The van der Waals surface area contributed by atoms with Gasteiger partial charge < -0.3 is 5.32 Å². The standard InChI is InChI=1S/C13H20N2S/c1-13(2,3)16-12-10(5-4-8-14-12)9-15-11-6-7-11/h4-5,8,11,15H,6-7,9H2,1-3H3.